The van der Waals surface area contributed by atoms with Gasteiger partial charge in [0.15, 0.2) is 11.5 Å². The summed E-state index contributed by atoms with van der Waals surface area (Å²) in [5, 5.41) is 2.79. The second kappa shape index (κ2) is 9.95. The van der Waals surface area contributed by atoms with Crippen molar-refractivity contribution in [3.05, 3.63) is 53.6 Å². The van der Waals surface area contributed by atoms with Gasteiger partial charge in [-0.05, 0) is 55.7 Å². The zero-order valence-corrected chi connectivity index (χ0v) is 18.1. The second-order valence-corrected chi connectivity index (χ2v) is 8.84. The molecule has 0 saturated carbocycles. The van der Waals surface area contributed by atoms with E-state index < -0.39 is 10.0 Å². The molecular formula is C22H28N2O5S. The fraction of sp³-hybridized carbons (Fsp3) is 0.409. The molecule has 0 aliphatic carbocycles. The predicted molar refractivity (Wildman–Crippen MR) is 114 cm³/mol. The quantitative estimate of drug-likeness (QED) is 0.602. The highest BCUT2D eigenvalue weighted by Gasteiger charge is 2.23. The molecule has 3 rings (SSSR count). The van der Waals surface area contributed by atoms with Crippen molar-refractivity contribution in [2.24, 2.45) is 0 Å². The molecule has 2 aromatic rings. The molecule has 8 heteroatoms. The Hall–Kier alpha value is -2.58. The van der Waals surface area contributed by atoms with Gasteiger partial charge in [0.1, 0.15) is 0 Å². The third-order valence-corrected chi connectivity index (χ3v) is 6.43. The van der Waals surface area contributed by atoms with Gasteiger partial charge in [0.05, 0.1) is 18.1 Å². The van der Waals surface area contributed by atoms with Crippen LogP contribution in [-0.4, -0.2) is 40.6 Å². The zero-order valence-electron chi connectivity index (χ0n) is 17.3. The lowest BCUT2D eigenvalue weighted by atomic mass is 9.99. The lowest BCUT2D eigenvalue weighted by Crippen LogP contribution is -2.26. The van der Waals surface area contributed by atoms with Crippen LogP contribution in [0, 0.1) is 0 Å². The number of hydrogen-bond donors (Lipinski definition) is 2. The molecule has 2 N–H and O–H groups in total. The Labute approximate surface area is 177 Å². The van der Waals surface area contributed by atoms with Crippen LogP contribution in [0.5, 0.6) is 11.5 Å². The maximum Gasteiger partial charge on any atom is 0.240 e. The Bertz CT molecular complexity index is 974. The lowest BCUT2D eigenvalue weighted by Gasteiger charge is -2.13. The summed E-state index contributed by atoms with van der Waals surface area (Å²) in [5.74, 6) is 1.47. The van der Waals surface area contributed by atoms with Crippen molar-refractivity contribution in [2.45, 2.75) is 37.5 Å². The molecule has 1 aliphatic rings. The Kier molecular flexibility index (Phi) is 7.33. The van der Waals surface area contributed by atoms with E-state index in [2.05, 4.69) is 10.0 Å². The summed E-state index contributed by atoms with van der Waals surface area (Å²) >= 11 is 0. The normalized spacial score (nSPS) is 16.3. The van der Waals surface area contributed by atoms with Gasteiger partial charge in [-0.25, -0.2) is 13.1 Å². The van der Waals surface area contributed by atoms with Crippen LogP contribution in [0.15, 0.2) is 47.4 Å². The van der Waals surface area contributed by atoms with Crippen molar-refractivity contribution in [2.75, 3.05) is 26.3 Å². The van der Waals surface area contributed by atoms with Crippen LogP contribution in [0.25, 0.3) is 0 Å². The van der Waals surface area contributed by atoms with Crippen LogP contribution >= 0.6 is 0 Å². The van der Waals surface area contributed by atoms with E-state index in [0.717, 1.165) is 11.1 Å². The van der Waals surface area contributed by atoms with Gasteiger partial charge < -0.3 is 14.8 Å². The molecule has 2 aromatic carbocycles. The van der Waals surface area contributed by atoms with Crippen LogP contribution in [0.4, 0.5) is 0 Å². The molecule has 162 valence electrons. The number of hydrogen-bond acceptors (Lipinski definition) is 5. The summed E-state index contributed by atoms with van der Waals surface area (Å²) in [6.45, 7) is 5.75. The summed E-state index contributed by atoms with van der Waals surface area (Å²) in [7, 11) is -3.61. The topological polar surface area (TPSA) is 93.7 Å². The van der Waals surface area contributed by atoms with Crippen molar-refractivity contribution in [1.29, 1.82) is 0 Å². The first-order chi connectivity index (χ1) is 14.4. The highest BCUT2D eigenvalue weighted by molar-refractivity contribution is 7.89. The monoisotopic (exact) mass is 432 g/mol. The molecule has 1 saturated heterocycles. The first-order valence-corrected chi connectivity index (χ1v) is 11.7. The molecule has 1 heterocycles. The van der Waals surface area contributed by atoms with Gasteiger partial charge in [0, 0.05) is 25.4 Å². The Balaban J connectivity index is 1.59. The van der Waals surface area contributed by atoms with Gasteiger partial charge in [-0.3, -0.25) is 4.79 Å². The largest absolute Gasteiger partial charge is 0.490 e. The van der Waals surface area contributed by atoms with E-state index in [-0.39, 0.29) is 23.3 Å². The minimum absolute atomic E-state index is 0.0279. The molecular weight excluding hydrogens is 404 g/mol. The number of sulfonamides is 1. The molecule has 30 heavy (non-hydrogen) atoms. The summed E-state index contributed by atoms with van der Waals surface area (Å²) in [6, 6.07) is 12.4. The molecule has 1 aliphatic heterocycles. The number of nitrogens with one attached hydrogen (secondary N) is 2. The number of carbonyl (C=O) groups excluding carboxylic acids is 1. The Morgan fingerprint density at radius 1 is 1.03 bits per heavy atom. The molecule has 7 nitrogen and oxygen atoms in total. The van der Waals surface area contributed by atoms with Gasteiger partial charge in [-0.1, -0.05) is 18.2 Å². The van der Waals surface area contributed by atoms with E-state index in [9.17, 15) is 13.2 Å². The lowest BCUT2D eigenvalue weighted by molar-refractivity contribution is -0.119. The summed E-state index contributed by atoms with van der Waals surface area (Å²) in [5.41, 5.74) is 1.92. The minimum atomic E-state index is -3.61. The van der Waals surface area contributed by atoms with Gasteiger partial charge in [0.2, 0.25) is 15.9 Å². The highest BCUT2D eigenvalue weighted by Crippen LogP contribution is 2.29. The number of amides is 1. The SMILES string of the molecule is CCOc1ccc(CCNS(=O)(=O)c2ccc(C3CNC(=O)C3)cc2)cc1OCC. The van der Waals surface area contributed by atoms with Crippen LogP contribution in [-0.2, 0) is 21.2 Å². The van der Waals surface area contributed by atoms with Crippen molar-refractivity contribution < 1.29 is 22.7 Å². The zero-order chi connectivity index (χ0) is 21.6. The average molecular weight is 433 g/mol. The smallest absolute Gasteiger partial charge is 0.240 e. The molecule has 0 aromatic heterocycles. The Morgan fingerprint density at radius 3 is 2.37 bits per heavy atom. The van der Waals surface area contributed by atoms with E-state index >= 15 is 0 Å². The second-order valence-electron chi connectivity index (χ2n) is 7.07. The van der Waals surface area contributed by atoms with Crippen molar-refractivity contribution in [3.63, 3.8) is 0 Å². The first kappa shape index (κ1) is 22.1. The molecule has 1 atom stereocenters. The van der Waals surface area contributed by atoms with Crippen molar-refractivity contribution >= 4 is 15.9 Å². The average Bonchev–Trinajstić information content (AvgIpc) is 3.16. The van der Waals surface area contributed by atoms with Gasteiger partial charge in [-0.2, -0.15) is 0 Å². The van der Waals surface area contributed by atoms with E-state index in [1.54, 1.807) is 24.3 Å². The third kappa shape index (κ3) is 5.52. The number of ether oxygens (including phenoxy) is 2. The van der Waals surface area contributed by atoms with Crippen molar-refractivity contribution in [1.82, 2.24) is 10.0 Å². The molecule has 0 radical (unpaired) electrons. The maximum atomic E-state index is 12.6. The molecule has 1 unspecified atom stereocenters. The van der Waals surface area contributed by atoms with E-state index in [1.165, 1.54) is 0 Å². The maximum absolute atomic E-state index is 12.6. The molecule has 0 spiro atoms. The van der Waals surface area contributed by atoms with Gasteiger partial charge >= 0.3 is 0 Å². The minimum Gasteiger partial charge on any atom is -0.490 e. The fourth-order valence-corrected chi connectivity index (χ4v) is 4.46. The van der Waals surface area contributed by atoms with Crippen molar-refractivity contribution in [3.8, 4) is 11.5 Å². The van der Waals surface area contributed by atoms with E-state index in [4.69, 9.17) is 9.47 Å². The van der Waals surface area contributed by atoms with Crippen LogP contribution in [0.2, 0.25) is 0 Å². The van der Waals surface area contributed by atoms with Crippen LogP contribution in [0.1, 0.15) is 37.3 Å². The number of carbonyl (C=O) groups is 1. The van der Waals surface area contributed by atoms with Crippen LogP contribution < -0.4 is 19.5 Å². The van der Waals surface area contributed by atoms with Gasteiger partial charge in [-0.15, -0.1) is 0 Å². The molecule has 1 amide bonds. The summed E-state index contributed by atoms with van der Waals surface area (Å²) in [4.78, 5) is 11.6. The predicted octanol–water partition coefficient (Wildman–Crippen LogP) is 2.61. The fourth-order valence-electron chi connectivity index (χ4n) is 3.42. The number of rotatable bonds is 10. The third-order valence-electron chi connectivity index (χ3n) is 4.95. The standard InChI is InChI=1S/C22H28N2O5S/c1-3-28-20-10-5-16(13-21(20)29-4-2)11-12-24-30(26,27)19-8-6-17(7-9-19)18-14-22(25)23-15-18/h5-10,13,18,24H,3-4,11-12,14-15H2,1-2H3,(H,23,25). The highest BCUT2D eigenvalue weighted by atomic mass is 32.2. The Morgan fingerprint density at radius 2 is 1.73 bits per heavy atom. The number of benzene rings is 2. The first-order valence-electron chi connectivity index (χ1n) is 10.2. The van der Waals surface area contributed by atoms with E-state index in [0.29, 0.717) is 44.1 Å². The van der Waals surface area contributed by atoms with Crippen LogP contribution in [0.3, 0.4) is 0 Å². The van der Waals surface area contributed by atoms with E-state index in [1.807, 2.05) is 32.0 Å². The summed E-state index contributed by atoms with van der Waals surface area (Å²) < 4.78 is 39.0. The molecule has 0 bridgehead atoms. The van der Waals surface area contributed by atoms with Gasteiger partial charge in [0.25, 0.3) is 0 Å². The summed E-state index contributed by atoms with van der Waals surface area (Å²) in [6.07, 6.45) is 0.968. The molecule has 1 fully saturated rings.